The first-order valence-electron chi connectivity index (χ1n) is 9.11. The summed E-state index contributed by atoms with van der Waals surface area (Å²) in [4.78, 5) is 28.3. The first-order valence-corrected chi connectivity index (χ1v) is 9.11. The van der Waals surface area contributed by atoms with Crippen LogP contribution in [0.1, 0.15) is 53.0 Å². The van der Waals surface area contributed by atoms with Crippen molar-refractivity contribution in [3.8, 4) is 0 Å². The molecule has 0 aliphatic heterocycles. The van der Waals surface area contributed by atoms with Gasteiger partial charge in [-0.05, 0) is 37.1 Å². The number of benzene rings is 1. The molecule has 25 heavy (non-hydrogen) atoms. The zero-order chi connectivity index (χ0) is 19.1. The van der Waals surface area contributed by atoms with Gasteiger partial charge in [0.05, 0.1) is 0 Å². The third-order valence-corrected chi connectivity index (χ3v) is 4.44. The molecule has 2 amide bonds. The quantitative estimate of drug-likeness (QED) is 0.776. The number of anilines is 2. The number of hydrogen-bond acceptors (Lipinski definition) is 3. The van der Waals surface area contributed by atoms with Crippen LogP contribution in [-0.2, 0) is 16.1 Å². The fourth-order valence-electron chi connectivity index (χ4n) is 2.61. The summed E-state index contributed by atoms with van der Waals surface area (Å²) in [6.45, 7) is 10.3. The minimum atomic E-state index is -0.0738. The van der Waals surface area contributed by atoms with Crippen LogP contribution in [0.3, 0.4) is 0 Å². The monoisotopic (exact) mass is 347 g/mol. The lowest BCUT2D eigenvalue weighted by atomic mass is 10.1. The standard InChI is InChI=1S/C20H33N3O2/c1-8-15(5)23(19(24)9-2)13-16-12-17(21-20(25)14(3)4)10-11-18(16)22(6)7/h10-12,14-15H,8-9,13H2,1-7H3,(H,21,25)/t15-/m1/s1. The summed E-state index contributed by atoms with van der Waals surface area (Å²) in [7, 11) is 3.97. The second kappa shape index (κ2) is 9.44. The summed E-state index contributed by atoms with van der Waals surface area (Å²) in [5, 5.41) is 2.95. The zero-order valence-corrected chi connectivity index (χ0v) is 16.7. The average molecular weight is 348 g/mol. The van der Waals surface area contributed by atoms with E-state index in [-0.39, 0.29) is 23.8 Å². The van der Waals surface area contributed by atoms with Gasteiger partial charge in [-0.15, -0.1) is 0 Å². The van der Waals surface area contributed by atoms with Gasteiger partial charge in [0.2, 0.25) is 11.8 Å². The first-order chi connectivity index (χ1) is 11.7. The van der Waals surface area contributed by atoms with E-state index in [1.165, 1.54) is 0 Å². The number of carbonyl (C=O) groups excluding carboxylic acids is 2. The van der Waals surface area contributed by atoms with Gasteiger partial charge >= 0.3 is 0 Å². The predicted molar refractivity (Wildman–Crippen MR) is 105 cm³/mol. The summed E-state index contributed by atoms with van der Waals surface area (Å²) in [6, 6.07) is 6.06. The van der Waals surface area contributed by atoms with E-state index in [2.05, 4.69) is 19.2 Å². The SMILES string of the molecule is CCC(=O)N(Cc1cc(NC(=O)C(C)C)ccc1N(C)C)[C@H](C)CC. The summed E-state index contributed by atoms with van der Waals surface area (Å²) in [5.74, 6) is 0.0675. The van der Waals surface area contributed by atoms with Crippen LogP contribution in [0.4, 0.5) is 11.4 Å². The summed E-state index contributed by atoms with van der Waals surface area (Å²) in [5.41, 5.74) is 2.86. The van der Waals surface area contributed by atoms with Crippen LogP contribution in [-0.4, -0.2) is 36.9 Å². The van der Waals surface area contributed by atoms with Crippen LogP contribution in [0, 0.1) is 5.92 Å². The van der Waals surface area contributed by atoms with E-state index in [0.29, 0.717) is 13.0 Å². The van der Waals surface area contributed by atoms with E-state index in [4.69, 9.17) is 0 Å². The summed E-state index contributed by atoms with van der Waals surface area (Å²) >= 11 is 0. The Morgan fingerprint density at radius 2 is 1.76 bits per heavy atom. The molecule has 1 N–H and O–H groups in total. The van der Waals surface area contributed by atoms with Gasteiger partial charge in [-0.3, -0.25) is 9.59 Å². The van der Waals surface area contributed by atoms with Gasteiger partial charge in [0, 0.05) is 50.4 Å². The Labute approximate surface area is 152 Å². The Morgan fingerprint density at radius 1 is 1.12 bits per heavy atom. The smallest absolute Gasteiger partial charge is 0.226 e. The molecular formula is C20H33N3O2. The number of amides is 2. The van der Waals surface area contributed by atoms with E-state index in [1.807, 2.05) is 62.9 Å². The second-order valence-electron chi connectivity index (χ2n) is 7.01. The molecule has 0 bridgehead atoms. The normalized spacial score (nSPS) is 12.0. The van der Waals surface area contributed by atoms with Crippen LogP contribution < -0.4 is 10.2 Å². The number of nitrogens with one attached hydrogen (secondary N) is 1. The molecule has 0 heterocycles. The number of rotatable bonds is 8. The predicted octanol–water partition coefficient (Wildman–Crippen LogP) is 3.88. The maximum absolute atomic E-state index is 12.4. The molecule has 0 unspecified atom stereocenters. The molecule has 5 heteroatoms. The largest absolute Gasteiger partial charge is 0.377 e. The highest BCUT2D eigenvalue weighted by molar-refractivity contribution is 5.92. The van der Waals surface area contributed by atoms with Crippen molar-refractivity contribution in [2.24, 2.45) is 5.92 Å². The third-order valence-electron chi connectivity index (χ3n) is 4.44. The first kappa shape index (κ1) is 21.0. The molecule has 0 aliphatic carbocycles. The fourth-order valence-corrected chi connectivity index (χ4v) is 2.61. The molecule has 0 radical (unpaired) electrons. The van der Waals surface area contributed by atoms with Gasteiger partial charge in [0.1, 0.15) is 0 Å². The van der Waals surface area contributed by atoms with Crippen molar-refractivity contribution in [3.63, 3.8) is 0 Å². The Kier molecular flexibility index (Phi) is 7.94. The molecule has 0 spiro atoms. The highest BCUT2D eigenvalue weighted by atomic mass is 16.2. The lowest BCUT2D eigenvalue weighted by molar-refractivity contribution is -0.133. The molecule has 5 nitrogen and oxygen atoms in total. The van der Waals surface area contributed by atoms with Crippen LogP contribution >= 0.6 is 0 Å². The number of carbonyl (C=O) groups is 2. The van der Waals surface area contributed by atoms with Crippen LogP contribution in [0.5, 0.6) is 0 Å². The highest BCUT2D eigenvalue weighted by Crippen LogP contribution is 2.26. The average Bonchev–Trinajstić information content (AvgIpc) is 2.58. The minimum Gasteiger partial charge on any atom is -0.377 e. The Bertz CT molecular complexity index is 597. The third kappa shape index (κ3) is 5.76. The molecule has 0 aromatic heterocycles. The molecule has 140 valence electrons. The molecule has 0 fully saturated rings. The lowest BCUT2D eigenvalue weighted by Gasteiger charge is -2.30. The number of nitrogens with zero attached hydrogens (tertiary/aromatic N) is 2. The van der Waals surface area contributed by atoms with Gasteiger partial charge < -0.3 is 15.1 Å². The van der Waals surface area contributed by atoms with Crippen LogP contribution in [0.15, 0.2) is 18.2 Å². The fraction of sp³-hybridized carbons (Fsp3) is 0.600. The molecule has 1 aromatic rings. The van der Waals surface area contributed by atoms with Crippen LogP contribution in [0.25, 0.3) is 0 Å². The number of hydrogen-bond donors (Lipinski definition) is 1. The van der Waals surface area contributed by atoms with E-state index in [0.717, 1.165) is 23.4 Å². The van der Waals surface area contributed by atoms with Gasteiger partial charge in [-0.25, -0.2) is 0 Å². The maximum Gasteiger partial charge on any atom is 0.226 e. The van der Waals surface area contributed by atoms with Gasteiger partial charge in [-0.2, -0.15) is 0 Å². The van der Waals surface area contributed by atoms with Gasteiger partial charge in [-0.1, -0.05) is 27.7 Å². The Hall–Kier alpha value is -2.04. The highest BCUT2D eigenvalue weighted by Gasteiger charge is 2.20. The minimum absolute atomic E-state index is 0.00744. The second-order valence-corrected chi connectivity index (χ2v) is 7.01. The molecule has 1 atom stereocenters. The van der Waals surface area contributed by atoms with Gasteiger partial charge in [0.25, 0.3) is 0 Å². The van der Waals surface area contributed by atoms with Crippen molar-refractivity contribution in [1.29, 1.82) is 0 Å². The van der Waals surface area contributed by atoms with E-state index >= 15 is 0 Å². The van der Waals surface area contributed by atoms with Crippen molar-refractivity contribution in [3.05, 3.63) is 23.8 Å². The van der Waals surface area contributed by atoms with Crippen LogP contribution in [0.2, 0.25) is 0 Å². The molecule has 1 rings (SSSR count). The van der Waals surface area contributed by atoms with Crippen molar-refractivity contribution >= 4 is 23.2 Å². The molecular weight excluding hydrogens is 314 g/mol. The van der Waals surface area contributed by atoms with E-state index < -0.39 is 0 Å². The Balaban J connectivity index is 3.19. The van der Waals surface area contributed by atoms with Crippen molar-refractivity contribution in [2.45, 2.75) is 60.0 Å². The lowest BCUT2D eigenvalue weighted by Crippen LogP contribution is -2.37. The Morgan fingerprint density at radius 3 is 2.24 bits per heavy atom. The maximum atomic E-state index is 12.4. The molecule has 1 aromatic carbocycles. The van der Waals surface area contributed by atoms with E-state index in [1.54, 1.807) is 0 Å². The van der Waals surface area contributed by atoms with Crippen molar-refractivity contribution < 1.29 is 9.59 Å². The molecule has 0 aliphatic rings. The van der Waals surface area contributed by atoms with Crippen molar-refractivity contribution in [1.82, 2.24) is 4.90 Å². The molecule has 0 saturated carbocycles. The zero-order valence-electron chi connectivity index (χ0n) is 16.7. The summed E-state index contributed by atoms with van der Waals surface area (Å²) < 4.78 is 0. The molecule has 0 saturated heterocycles. The van der Waals surface area contributed by atoms with E-state index in [9.17, 15) is 9.59 Å². The van der Waals surface area contributed by atoms with Crippen molar-refractivity contribution in [2.75, 3.05) is 24.3 Å². The van der Waals surface area contributed by atoms with Gasteiger partial charge in [0.15, 0.2) is 0 Å². The topological polar surface area (TPSA) is 52.7 Å². The summed E-state index contributed by atoms with van der Waals surface area (Å²) in [6.07, 6.45) is 1.40.